The largest absolute Gasteiger partial charge is 0.481 e. The van der Waals surface area contributed by atoms with E-state index < -0.39 is 151 Å². The summed E-state index contributed by atoms with van der Waals surface area (Å²) < 4.78 is 0. The molecule has 0 radical (unpaired) electrons. The lowest BCUT2D eigenvalue weighted by Gasteiger charge is -2.31. The average molecular weight is 1010 g/mol. The van der Waals surface area contributed by atoms with Crippen LogP contribution in [-0.2, 0) is 59.2 Å². The second-order valence-electron chi connectivity index (χ2n) is 17.0. The van der Waals surface area contributed by atoms with Gasteiger partial charge in [0.1, 0.15) is 48.3 Å². The molecule has 28 heteroatoms. The topological polar surface area (TPSA) is 473 Å². The molecule has 28 nitrogen and oxygen atoms in total. The fraction of sp³-hybridized carbons (Fsp3) is 0.581. The molecule has 1 aliphatic rings. The van der Waals surface area contributed by atoms with Crippen molar-refractivity contribution in [3.8, 4) is 0 Å². The minimum Gasteiger partial charge on any atom is -0.481 e. The lowest BCUT2D eigenvalue weighted by atomic mass is 10.0. The maximum atomic E-state index is 13.9. The van der Waals surface area contributed by atoms with Gasteiger partial charge in [-0.3, -0.25) is 52.9 Å². The number of nitrogens with two attached hydrogens (primary N) is 4. The van der Waals surface area contributed by atoms with Crippen LogP contribution in [0.2, 0.25) is 0 Å². The van der Waals surface area contributed by atoms with Crippen LogP contribution in [0.1, 0.15) is 71.3 Å². The number of hydrogen-bond acceptors (Lipinski definition) is 15. The van der Waals surface area contributed by atoms with Crippen molar-refractivity contribution >= 4 is 71.1 Å². The molecule has 1 aromatic carbocycles. The Balaban J connectivity index is 2.30. The highest BCUT2D eigenvalue weighted by atomic mass is 16.4. The molecule has 0 saturated carbocycles. The first kappa shape index (κ1) is 59.7. The number of benzene rings is 1. The Morgan fingerprint density at radius 3 is 1.82 bits per heavy atom. The molecule has 0 aliphatic carbocycles. The van der Waals surface area contributed by atoms with Crippen molar-refractivity contribution in [3.05, 3.63) is 35.9 Å². The highest BCUT2D eigenvalue weighted by Crippen LogP contribution is 2.20. The van der Waals surface area contributed by atoms with Gasteiger partial charge in [-0.05, 0) is 50.5 Å². The molecule has 9 atom stereocenters. The van der Waals surface area contributed by atoms with Gasteiger partial charge in [0.05, 0.1) is 25.7 Å². The number of carboxylic acid groups (broad SMARTS) is 2. The Hall–Kier alpha value is -7.46. The second kappa shape index (κ2) is 29.5. The highest BCUT2D eigenvalue weighted by molar-refractivity contribution is 5.98. The summed E-state index contributed by atoms with van der Waals surface area (Å²) in [5, 5.41) is 56.4. The molecular weight excluding hydrogens is 939 g/mol. The van der Waals surface area contributed by atoms with Gasteiger partial charge in [0.25, 0.3) is 0 Å². The van der Waals surface area contributed by atoms with Crippen LogP contribution in [-0.4, -0.2) is 177 Å². The van der Waals surface area contributed by atoms with Crippen LogP contribution in [0.5, 0.6) is 0 Å². The summed E-state index contributed by atoms with van der Waals surface area (Å²) in [6.07, 6.45) is -3.17. The van der Waals surface area contributed by atoms with E-state index in [0.29, 0.717) is 5.56 Å². The third-order valence-corrected chi connectivity index (χ3v) is 10.9. The zero-order valence-electron chi connectivity index (χ0n) is 39.6. The number of guanidine groups is 1. The first-order valence-corrected chi connectivity index (χ1v) is 22.6. The van der Waals surface area contributed by atoms with Gasteiger partial charge in [0.2, 0.25) is 53.2 Å². The molecular formula is C43H67N13O15. The molecule has 19 N–H and O–H groups in total. The Bertz CT molecular complexity index is 2090. The number of carboxylic acids is 2. The number of amides is 9. The van der Waals surface area contributed by atoms with Crippen LogP contribution in [0.25, 0.3) is 0 Å². The molecule has 0 bridgehead atoms. The molecule has 1 aliphatic heterocycles. The summed E-state index contributed by atoms with van der Waals surface area (Å²) in [5.41, 5.74) is 21.8. The molecule has 71 heavy (non-hydrogen) atoms. The molecule has 9 amide bonds. The van der Waals surface area contributed by atoms with Crippen molar-refractivity contribution in [3.63, 3.8) is 0 Å². The number of likely N-dealkylation sites (tertiary alicyclic amines) is 1. The van der Waals surface area contributed by atoms with Crippen molar-refractivity contribution in [1.82, 2.24) is 42.1 Å². The van der Waals surface area contributed by atoms with Crippen LogP contribution in [0.4, 0.5) is 0 Å². The number of primary amides is 1. The van der Waals surface area contributed by atoms with Crippen molar-refractivity contribution in [2.24, 2.45) is 33.8 Å². The second-order valence-corrected chi connectivity index (χ2v) is 17.0. The standard InChI is InChI=1S/C43H67N13O15/c1-21(2)33(54-40(68)34(22(3)58)55-37(65)26(17-23-9-5-4-6-10-23)51-36(64)25(13-14-32(61)62)49-31(60)19-44)39(67)53-28(20-57)41(69)56-16-8-12-29(56)38(66)50-24(11-7-15-48-43(46)47)35(63)52-27(42(70)71)18-30(45)59/h4-6,9-10,21-22,24-29,33-34,57-58H,7-8,11-20,44H2,1-3H3,(H2,45,59)(H,49,60)(H,50,66)(H,51,64)(H,52,63)(H,53,67)(H,54,68)(H,55,65)(H,61,62)(H,70,71)(H4,46,47,48). The van der Waals surface area contributed by atoms with Crippen LogP contribution < -0.4 is 60.2 Å². The van der Waals surface area contributed by atoms with Gasteiger partial charge < -0.3 is 85.5 Å². The summed E-state index contributed by atoms with van der Waals surface area (Å²) >= 11 is 0. The first-order chi connectivity index (χ1) is 33.4. The van der Waals surface area contributed by atoms with Crippen LogP contribution in [0, 0.1) is 5.92 Å². The summed E-state index contributed by atoms with van der Waals surface area (Å²) in [6, 6.07) is -4.01. The Kier molecular flexibility index (Phi) is 24.8. The van der Waals surface area contributed by atoms with E-state index in [9.17, 15) is 73.2 Å². The van der Waals surface area contributed by atoms with E-state index in [4.69, 9.17) is 22.9 Å². The third-order valence-electron chi connectivity index (χ3n) is 10.9. The van der Waals surface area contributed by atoms with E-state index in [1.807, 2.05) is 0 Å². The van der Waals surface area contributed by atoms with E-state index in [0.717, 1.165) is 11.8 Å². The molecule has 1 fully saturated rings. The van der Waals surface area contributed by atoms with Gasteiger partial charge in [-0.1, -0.05) is 44.2 Å². The summed E-state index contributed by atoms with van der Waals surface area (Å²) in [4.78, 5) is 147. The zero-order chi connectivity index (χ0) is 53.5. The highest BCUT2D eigenvalue weighted by Gasteiger charge is 2.41. The lowest BCUT2D eigenvalue weighted by molar-refractivity contribution is -0.145. The smallest absolute Gasteiger partial charge is 0.326 e. The number of aliphatic imine (C=N–C) groups is 1. The van der Waals surface area contributed by atoms with Crippen molar-refractivity contribution in [2.75, 3.05) is 26.2 Å². The molecule has 1 saturated heterocycles. The minimum absolute atomic E-state index is 0.0108. The number of nitrogens with one attached hydrogen (secondary N) is 7. The zero-order valence-corrected chi connectivity index (χ0v) is 39.6. The maximum absolute atomic E-state index is 13.9. The van der Waals surface area contributed by atoms with Crippen molar-refractivity contribution in [1.29, 1.82) is 0 Å². The molecule has 0 aromatic heterocycles. The fourth-order valence-corrected chi connectivity index (χ4v) is 7.22. The number of carbonyl (C=O) groups excluding carboxylic acids is 9. The van der Waals surface area contributed by atoms with Gasteiger partial charge in [-0.25, -0.2) is 4.79 Å². The van der Waals surface area contributed by atoms with Gasteiger partial charge in [-0.2, -0.15) is 0 Å². The number of carbonyl (C=O) groups is 11. The van der Waals surface area contributed by atoms with E-state index in [-0.39, 0.29) is 57.6 Å². The average Bonchev–Trinajstić information content (AvgIpc) is 3.80. The van der Waals surface area contributed by atoms with E-state index in [1.165, 1.54) is 13.8 Å². The number of rotatable bonds is 30. The molecule has 0 spiro atoms. The van der Waals surface area contributed by atoms with E-state index in [1.54, 1.807) is 30.3 Å². The number of hydrogen-bond donors (Lipinski definition) is 15. The molecule has 1 heterocycles. The maximum Gasteiger partial charge on any atom is 0.326 e. The summed E-state index contributed by atoms with van der Waals surface area (Å²) in [7, 11) is 0. The Morgan fingerprint density at radius 2 is 1.28 bits per heavy atom. The van der Waals surface area contributed by atoms with E-state index in [2.05, 4.69) is 42.2 Å². The Labute approximate surface area is 408 Å². The third kappa shape index (κ3) is 20.2. The van der Waals surface area contributed by atoms with Gasteiger partial charge in [0, 0.05) is 25.9 Å². The molecule has 2 rings (SSSR count). The monoisotopic (exact) mass is 1010 g/mol. The normalized spacial score (nSPS) is 16.5. The number of aliphatic hydroxyl groups is 2. The minimum atomic E-state index is -1.78. The molecule has 1 aromatic rings. The van der Waals surface area contributed by atoms with Gasteiger partial charge in [0.15, 0.2) is 5.96 Å². The SMILES string of the molecule is CC(C)C(NC(=O)C(NC(=O)C(Cc1ccccc1)NC(=O)C(CCC(=O)O)NC(=O)CN)C(C)O)C(=O)NC(CO)C(=O)N1CCCC1C(=O)NC(CCCN=C(N)N)C(=O)NC(CC(N)=O)C(=O)O. The number of nitrogens with zero attached hydrogens (tertiary/aromatic N) is 2. The predicted molar refractivity (Wildman–Crippen MR) is 249 cm³/mol. The quantitative estimate of drug-likeness (QED) is 0.0194. The number of aliphatic carboxylic acids is 2. The van der Waals surface area contributed by atoms with Crippen LogP contribution >= 0.6 is 0 Å². The molecule has 394 valence electrons. The first-order valence-electron chi connectivity index (χ1n) is 22.6. The Morgan fingerprint density at radius 1 is 0.718 bits per heavy atom. The summed E-state index contributed by atoms with van der Waals surface area (Å²) in [5.74, 6) is -12.5. The van der Waals surface area contributed by atoms with Gasteiger partial charge >= 0.3 is 11.9 Å². The van der Waals surface area contributed by atoms with Crippen LogP contribution in [0.3, 0.4) is 0 Å². The van der Waals surface area contributed by atoms with Crippen molar-refractivity contribution < 1.29 is 73.2 Å². The predicted octanol–water partition coefficient (Wildman–Crippen LogP) is -6.52. The molecule has 9 unspecified atom stereocenters. The summed E-state index contributed by atoms with van der Waals surface area (Å²) in [6.45, 7) is 2.64. The van der Waals surface area contributed by atoms with Crippen molar-refractivity contribution in [2.45, 2.75) is 127 Å². The lowest BCUT2D eigenvalue weighted by Crippen LogP contribution is -2.63. The fourth-order valence-electron chi connectivity index (χ4n) is 7.22. The van der Waals surface area contributed by atoms with Gasteiger partial charge in [-0.15, -0.1) is 0 Å². The van der Waals surface area contributed by atoms with Crippen LogP contribution in [0.15, 0.2) is 35.3 Å². The van der Waals surface area contributed by atoms with E-state index >= 15 is 0 Å². The number of aliphatic hydroxyl groups excluding tert-OH is 2.